The van der Waals surface area contributed by atoms with Gasteiger partial charge in [0.25, 0.3) is 0 Å². The molecule has 118 valence electrons. The summed E-state index contributed by atoms with van der Waals surface area (Å²) in [5.41, 5.74) is 23.4. The summed E-state index contributed by atoms with van der Waals surface area (Å²) >= 11 is 0. The lowest BCUT2D eigenvalue weighted by Crippen LogP contribution is -2.44. The summed E-state index contributed by atoms with van der Waals surface area (Å²) in [6.07, 6.45) is 7.13. The number of hydrogen-bond acceptors (Lipinski definition) is 5. The fourth-order valence-electron chi connectivity index (χ4n) is 2.05. The fourth-order valence-corrected chi connectivity index (χ4v) is 2.05. The molecule has 0 spiro atoms. The number of allylic oxidation sites excluding steroid dienone is 1. The molecule has 0 aromatic rings. The van der Waals surface area contributed by atoms with Gasteiger partial charge in [0.2, 0.25) is 5.91 Å². The number of carbonyl (C=O) groups is 1. The third kappa shape index (κ3) is 8.14. The minimum atomic E-state index is -0.381. The second-order valence-electron chi connectivity index (χ2n) is 5.02. The molecule has 1 amide bonds. The second kappa shape index (κ2) is 11.7. The molecule has 0 rings (SSSR count). The first-order valence-corrected chi connectivity index (χ1v) is 7.44. The number of nitrogens with two attached hydrogens (primary N) is 4. The Kier molecular flexibility index (Phi) is 11.0. The summed E-state index contributed by atoms with van der Waals surface area (Å²) in [7, 11) is 0. The van der Waals surface area contributed by atoms with Gasteiger partial charge in [0, 0.05) is 11.7 Å². The van der Waals surface area contributed by atoms with Crippen LogP contribution in [-0.4, -0.2) is 31.1 Å². The van der Waals surface area contributed by atoms with E-state index in [1.165, 1.54) is 0 Å². The van der Waals surface area contributed by atoms with E-state index >= 15 is 0 Å². The molecule has 6 heteroatoms. The molecule has 0 radical (unpaired) electrons. The van der Waals surface area contributed by atoms with Crippen LogP contribution in [0.15, 0.2) is 11.8 Å². The molecule has 0 saturated carbocycles. The number of nitrogens with one attached hydrogen (secondary N) is 1. The van der Waals surface area contributed by atoms with Crippen LogP contribution in [0.5, 0.6) is 0 Å². The Bertz CT molecular complexity index is 293. The number of amides is 1. The topological polar surface area (TPSA) is 133 Å². The smallest absolute Gasteiger partial charge is 0.239 e. The van der Waals surface area contributed by atoms with Crippen molar-refractivity contribution in [2.24, 2.45) is 22.9 Å². The van der Waals surface area contributed by atoms with E-state index in [2.05, 4.69) is 5.32 Å². The second-order valence-corrected chi connectivity index (χ2v) is 5.02. The van der Waals surface area contributed by atoms with Crippen molar-refractivity contribution < 1.29 is 4.79 Å². The molecule has 2 atom stereocenters. The maximum absolute atomic E-state index is 11.5. The summed E-state index contributed by atoms with van der Waals surface area (Å²) in [6.45, 7) is 3.21. The Morgan fingerprint density at radius 2 is 1.65 bits per heavy atom. The Morgan fingerprint density at radius 1 is 1.10 bits per heavy atom. The van der Waals surface area contributed by atoms with Crippen LogP contribution in [0.4, 0.5) is 0 Å². The van der Waals surface area contributed by atoms with Crippen LogP contribution in [0.25, 0.3) is 0 Å². The molecule has 0 aromatic carbocycles. The van der Waals surface area contributed by atoms with Gasteiger partial charge < -0.3 is 28.3 Å². The van der Waals surface area contributed by atoms with Crippen LogP contribution in [0.3, 0.4) is 0 Å². The highest BCUT2D eigenvalue weighted by Gasteiger charge is 2.18. The van der Waals surface area contributed by atoms with E-state index < -0.39 is 0 Å². The van der Waals surface area contributed by atoms with Gasteiger partial charge in [0.1, 0.15) is 6.04 Å². The molecule has 0 fully saturated rings. The molecular formula is C14H31N5O. The molecule has 0 heterocycles. The molecule has 20 heavy (non-hydrogen) atoms. The van der Waals surface area contributed by atoms with E-state index in [4.69, 9.17) is 22.9 Å². The van der Waals surface area contributed by atoms with Gasteiger partial charge in [0.15, 0.2) is 0 Å². The van der Waals surface area contributed by atoms with E-state index in [-0.39, 0.29) is 18.0 Å². The van der Waals surface area contributed by atoms with Crippen LogP contribution >= 0.6 is 0 Å². The fraction of sp³-hybridized carbons (Fsp3) is 0.786. The number of rotatable bonds is 12. The summed E-state index contributed by atoms with van der Waals surface area (Å²) < 4.78 is 0. The predicted octanol–water partition coefficient (Wildman–Crippen LogP) is -0.0810. The quantitative estimate of drug-likeness (QED) is 0.320. The van der Waals surface area contributed by atoms with Crippen LogP contribution < -0.4 is 28.3 Å². The average molecular weight is 285 g/mol. The van der Waals surface area contributed by atoms with Crippen LogP contribution in [0.1, 0.15) is 45.4 Å². The Balaban J connectivity index is 4.36. The molecule has 6 nitrogen and oxygen atoms in total. The zero-order chi connectivity index (χ0) is 15.4. The van der Waals surface area contributed by atoms with Crippen molar-refractivity contribution in [1.82, 2.24) is 5.32 Å². The van der Waals surface area contributed by atoms with Crippen LogP contribution in [0, 0.1) is 0 Å². The zero-order valence-electron chi connectivity index (χ0n) is 12.6. The summed E-state index contributed by atoms with van der Waals surface area (Å²) in [5.74, 6) is -0.351. The first-order valence-electron chi connectivity index (χ1n) is 7.44. The van der Waals surface area contributed by atoms with Crippen molar-refractivity contribution in [1.29, 1.82) is 0 Å². The minimum absolute atomic E-state index is 0.108. The van der Waals surface area contributed by atoms with Gasteiger partial charge in [-0.2, -0.15) is 0 Å². The van der Waals surface area contributed by atoms with Crippen molar-refractivity contribution in [2.75, 3.05) is 13.1 Å². The third-order valence-corrected chi connectivity index (χ3v) is 3.31. The maximum Gasteiger partial charge on any atom is 0.239 e. The Morgan fingerprint density at radius 3 is 2.10 bits per heavy atom. The molecule has 9 N–H and O–H groups in total. The third-order valence-electron chi connectivity index (χ3n) is 3.31. The standard InChI is InChI=1S/C14H31N5O/c1-2-12(11(17)7-3-5-9-15)19-13(14(18)20)8-4-6-10-16/h2,11,13,19H,3-10,15-17H2,1H3,(H2,18,20)/t11-,13-/m0/s1. The lowest BCUT2D eigenvalue weighted by Gasteiger charge is -2.23. The highest BCUT2D eigenvalue weighted by Crippen LogP contribution is 2.09. The summed E-state index contributed by atoms with van der Waals surface area (Å²) in [4.78, 5) is 11.5. The van der Waals surface area contributed by atoms with Crippen molar-refractivity contribution >= 4 is 5.91 Å². The highest BCUT2D eigenvalue weighted by atomic mass is 16.1. The lowest BCUT2D eigenvalue weighted by molar-refractivity contribution is -0.120. The normalized spacial score (nSPS) is 14.9. The van der Waals surface area contributed by atoms with Crippen molar-refractivity contribution in [3.05, 3.63) is 11.8 Å². The van der Waals surface area contributed by atoms with Gasteiger partial charge in [-0.1, -0.05) is 12.5 Å². The van der Waals surface area contributed by atoms with Crippen LogP contribution in [-0.2, 0) is 4.79 Å². The lowest BCUT2D eigenvalue weighted by atomic mass is 10.0. The van der Waals surface area contributed by atoms with Gasteiger partial charge in [-0.05, 0) is 52.1 Å². The van der Waals surface area contributed by atoms with E-state index in [1.807, 2.05) is 13.0 Å². The first-order chi connectivity index (χ1) is 9.56. The van der Waals surface area contributed by atoms with Gasteiger partial charge in [-0.25, -0.2) is 0 Å². The molecule has 0 aliphatic heterocycles. The Labute approximate surface area is 122 Å². The zero-order valence-corrected chi connectivity index (χ0v) is 12.6. The van der Waals surface area contributed by atoms with E-state index in [0.717, 1.165) is 37.8 Å². The predicted molar refractivity (Wildman–Crippen MR) is 83.7 cm³/mol. The molecule has 0 saturated heterocycles. The number of hydrogen-bond donors (Lipinski definition) is 5. The summed E-state index contributed by atoms with van der Waals surface area (Å²) in [5, 5.41) is 3.18. The number of primary amides is 1. The molecule has 0 aliphatic rings. The monoisotopic (exact) mass is 285 g/mol. The number of unbranched alkanes of at least 4 members (excludes halogenated alkanes) is 2. The maximum atomic E-state index is 11.5. The van der Waals surface area contributed by atoms with Crippen molar-refractivity contribution in [3.8, 4) is 0 Å². The molecule has 0 bridgehead atoms. The van der Waals surface area contributed by atoms with Gasteiger partial charge in [-0.15, -0.1) is 0 Å². The molecular weight excluding hydrogens is 254 g/mol. The van der Waals surface area contributed by atoms with Crippen LogP contribution in [0.2, 0.25) is 0 Å². The van der Waals surface area contributed by atoms with Gasteiger partial charge in [0.05, 0.1) is 0 Å². The minimum Gasteiger partial charge on any atom is -0.376 e. The first kappa shape index (κ1) is 18.9. The van der Waals surface area contributed by atoms with E-state index in [9.17, 15) is 4.79 Å². The average Bonchev–Trinajstić information content (AvgIpc) is 2.42. The molecule has 0 aliphatic carbocycles. The Hall–Kier alpha value is -1.11. The van der Waals surface area contributed by atoms with Gasteiger partial charge >= 0.3 is 0 Å². The summed E-state index contributed by atoms with van der Waals surface area (Å²) in [6, 6.07) is -0.490. The van der Waals surface area contributed by atoms with Crippen molar-refractivity contribution in [3.63, 3.8) is 0 Å². The van der Waals surface area contributed by atoms with Crippen molar-refractivity contribution in [2.45, 2.75) is 57.5 Å². The SMILES string of the molecule is CC=C(N[C@@H](CCCCN)C(N)=O)[C@@H](N)CCCCN. The molecule has 0 aromatic heterocycles. The largest absolute Gasteiger partial charge is 0.376 e. The van der Waals surface area contributed by atoms with E-state index in [1.54, 1.807) is 0 Å². The van der Waals surface area contributed by atoms with E-state index in [0.29, 0.717) is 19.5 Å². The highest BCUT2D eigenvalue weighted by molar-refractivity contribution is 5.80. The number of carbonyl (C=O) groups excluding carboxylic acids is 1. The van der Waals surface area contributed by atoms with Gasteiger partial charge in [-0.3, -0.25) is 4.79 Å². The molecule has 0 unspecified atom stereocenters.